The molecule has 0 saturated carbocycles. The number of aromatic nitrogens is 4. The first kappa shape index (κ1) is 23.5. The van der Waals surface area contributed by atoms with E-state index in [9.17, 15) is 17.6 Å². The lowest BCUT2D eigenvalue weighted by molar-refractivity contribution is -0.139. The molecule has 35 heavy (non-hydrogen) atoms. The number of piperidine rings is 2. The van der Waals surface area contributed by atoms with Gasteiger partial charge in [0.15, 0.2) is 0 Å². The number of imidazole rings is 1. The van der Waals surface area contributed by atoms with E-state index in [-0.39, 0.29) is 17.5 Å². The van der Waals surface area contributed by atoms with Gasteiger partial charge in [0, 0.05) is 42.9 Å². The number of nitrogens with zero attached hydrogens (tertiary/aromatic N) is 5. The van der Waals surface area contributed by atoms with Crippen molar-refractivity contribution in [3.05, 3.63) is 54.0 Å². The van der Waals surface area contributed by atoms with Crippen LogP contribution in [0, 0.1) is 5.82 Å². The highest BCUT2D eigenvalue weighted by Gasteiger charge is 2.35. The molecule has 11 heteroatoms. The summed E-state index contributed by atoms with van der Waals surface area (Å²) in [5.41, 5.74) is 5.23. The first-order chi connectivity index (χ1) is 16.8. The minimum absolute atomic E-state index is 0.150. The van der Waals surface area contributed by atoms with Gasteiger partial charge in [-0.15, -0.1) is 0 Å². The van der Waals surface area contributed by atoms with Gasteiger partial charge in [0.05, 0.1) is 11.3 Å². The first-order valence-corrected chi connectivity index (χ1v) is 11.8. The van der Waals surface area contributed by atoms with Crippen molar-refractivity contribution >= 4 is 11.6 Å². The third kappa shape index (κ3) is 4.95. The summed E-state index contributed by atoms with van der Waals surface area (Å²) in [6, 6.07) is 5.06. The molecular weight excluding hydrogens is 462 g/mol. The summed E-state index contributed by atoms with van der Waals surface area (Å²) >= 11 is 0. The Morgan fingerprint density at radius 1 is 1.00 bits per heavy atom. The van der Waals surface area contributed by atoms with E-state index in [1.54, 1.807) is 6.07 Å². The first-order valence-electron chi connectivity index (χ1n) is 11.8. The van der Waals surface area contributed by atoms with Gasteiger partial charge >= 0.3 is 6.18 Å². The van der Waals surface area contributed by atoms with Crippen LogP contribution < -0.4 is 16.0 Å². The number of halogens is 4. The lowest BCUT2D eigenvalue weighted by Gasteiger charge is -2.34. The van der Waals surface area contributed by atoms with E-state index in [0.717, 1.165) is 75.6 Å². The van der Waals surface area contributed by atoms with Crippen LogP contribution in [0.1, 0.15) is 49.0 Å². The van der Waals surface area contributed by atoms with E-state index < -0.39 is 17.6 Å². The largest absolute Gasteiger partial charge is 0.419 e. The van der Waals surface area contributed by atoms with Crippen LogP contribution in [-0.4, -0.2) is 45.7 Å². The van der Waals surface area contributed by atoms with E-state index in [4.69, 9.17) is 10.7 Å². The summed E-state index contributed by atoms with van der Waals surface area (Å²) in [5.74, 6) is 0.949. The number of nitrogens with one attached hydrogen (secondary N) is 1. The minimum Gasteiger partial charge on any atom is -0.384 e. The molecule has 3 N–H and O–H groups in total. The maximum atomic E-state index is 13.9. The van der Waals surface area contributed by atoms with Crippen molar-refractivity contribution in [2.24, 2.45) is 0 Å². The third-order valence-electron chi connectivity index (χ3n) is 6.89. The van der Waals surface area contributed by atoms with Gasteiger partial charge in [-0.3, -0.25) is 0 Å². The van der Waals surface area contributed by atoms with Gasteiger partial charge in [0.25, 0.3) is 0 Å². The molecule has 5 rings (SSSR count). The lowest BCUT2D eigenvalue weighted by Crippen LogP contribution is -2.35. The molecule has 2 fully saturated rings. The molecule has 2 aromatic heterocycles. The van der Waals surface area contributed by atoms with Crippen LogP contribution >= 0.6 is 0 Å². The molecule has 0 bridgehead atoms. The Morgan fingerprint density at radius 2 is 1.74 bits per heavy atom. The number of alkyl halides is 3. The summed E-state index contributed by atoms with van der Waals surface area (Å²) in [5, 5.41) is 3.35. The molecule has 2 aliphatic heterocycles. The Hall–Kier alpha value is -3.21. The summed E-state index contributed by atoms with van der Waals surface area (Å²) in [7, 11) is 0. The number of nitrogen functional groups attached to an aromatic ring is 1. The molecular formula is C24H27F4N7. The summed E-state index contributed by atoms with van der Waals surface area (Å²) in [6.45, 7) is 3.26. The van der Waals surface area contributed by atoms with E-state index >= 15 is 0 Å². The summed E-state index contributed by atoms with van der Waals surface area (Å²) in [4.78, 5) is 15.3. The van der Waals surface area contributed by atoms with Crippen molar-refractivity contribution < 1.29 is 17.6 Å². The van der Waals surface area contributed by atoms with Gasteiger partial charge in [-0.25, -0.2) is 19.3 Å². The van der Waals surface area contributed by atoms with Gasteiger partial charge in [-0.2, -0.15) is 13.2 Å². The average Bonchev–Trinajstić information content (AvgIpc) is 3.30. The van der Waals surface area contributed by atoms with Crippen LogP contribution in [0.25, 0.3) is 11.3 Å². The average molecular weight is 490 g/mol. The molecule has 0 unspecified atom stereocenters. The van der Waals surface area contributed by atoms with E-state index in [2.05, 4.69) is 24.8 Å². The molecule has 186 valence electrons. The Balaban J connectivity index is 1.44. The Bertz CT molecular complexity index is 1180. The lowest BCUT2D eigenvalue weighted by atomic mass is 9.95. The molecule has 4 heterocycles. The molecule has 7 nitrogen and oxygen atoms in total. The van der Waals surface area contributed by atoms with E-state index in [1.165, 1.54) is 12.4 Å². The fraction of sp³-hybridized carbons (Fsp3) is 0.458. The van der Waals surface area contributed by atoms with Crippen molar-refractivity contribution in [1.82, 2.24) is 24.8 Å². The molecule has 2 saturated heterocycles. The van der Waals surface area contributed by atoms with Crippen molar-refractivity contribution in [3.63, 3.8) is 0 Å². The smallest absolute Gasteiger partial charge is 0.384 e. The van der Waals surface area contributed by atoms with Crippen LogP contribution in [0.4, 0.5) is 29.2 Å². The second-order valence-electron chi connectivity index (χ2n) is 9.13. The maximum Gasteiger partial charge on any atom is 0.419 e. The molecule has 0 spiro atoms. The zero-order chi connectivity index (χ0) is 24.6. The van der Waals surface area contributed by atoms with Crippen LogP contribution in [0.2, 0.25) is 0 Å². The highest BCUT2D eigenvalue weighted by atomic mass is 19.4. The highest BCUT2D eigenvalue weighted by Crippen LogP contribution is 2.37. The summed E-state index contributed by atoms with van der Waals surface area (Å²) < 4.78 is 56.0. The minimum atomic E-state index is -4.77. The Kier molecular flexibility index (Phi) is 6.35. The monoisotopic (exact) mass is 489 g/mol. The molecule has 2 aliphatic rings. The predicted molar refractivity (Wildman–Crippen MR) is 124 cm³/mol. The molecule has 0 radical (unpaired) electrons. The number of rotatable bonds is 4. The summed E-state index contributed by atoms with van der Waals surface area (Å²) in [6.07, 6.45) is 2.00. The second kappa shape index (κ2) is 9.44. The second-order valence-corrected chi connectivity index (χ2v) is 9.13. The molecule has 0 aliphatic carbocycles. The third-order valence-corrected chi connectivity index (χ3v) is 6.89. The van der Waals surface area contributed by atoms with Crippen LogP contribution in [-0.2, 0) is 6.18 Å². The maximum absolute atomic E-state index is 13.9. The standard InChI is InChI=1S/C24H27F4N7/c25-19-2-1-16(11-18(19)24(26,27)28)20-13-35(17-3-7-30-8-4-17)23(33-20)15-5-9-34(10-6-15)22-12-21(29)31-14-32-22/h1-2,11-15,17,30H,3-10H2,(H2,29,31,32). The number of nitrogens with two attached hydrogens (primary N) is 1. The number of anilines is 2. The highest BCUT2D eigenvalue weighted by molar-refractivity contribution is 5.60. The fourth-order valence-electron chi connectivity index (χ4n) is 5.03. The van der Waals surface area contributed by atoms with Gasteiger partial charge in [-0.05, 0) is 57.0 Å². The van der Waals surface area contributed by atoms with Crippen molar-refractivity contribution in [3.8, 4) is 11.3 Å². The molecule has 3 aromatic rings. The van der Waals surface area contributed by atoms with Gasteiger partial charge < -0.3 is 20.5 Å². The molecule has 0 amide bonds. The van der Waals surface area contributed by atoms with Gasteiger partial charge in [0.1, 0.15) is 29.6 Å². The van der Waals surface area contributed by atoms with E-state index in [0.29, 0.717) is 11.5 Å². The zero-order valence-electron chi connectivity index (χ0n) is 19.1. The van der Waals surface area contributed by atoms with Crippen molar-refractivity contribution in [1.29, 1.82) is 0 Å². The molecule has 1 aromatic carbocycles. The zero-order valence-corrected chi connectivity index (χ0v) is 19.1. The topological polar surface area (TPSA) is 84.9 Å². The van der Waals surface area contributed by atoms with Crippen LogP contribution in [0.15, 0.2) is 36.8 Å². The van der Waals surface area contributed by atoms with Crippen molar-refractivity contribution in [2.75, 3.05) is 36.8 Å². The van der Waals surface area contributed by atoms with Crippen LogP contribution in [0.3, 0.4) is 0 Å². The number of hydrogen-bond acceptors (Lipinski definition) is 6. The number of benzene rings is 1. The SMILES string of the molecule is Nc1cc(N2CCC(c3nc(-c4ccc(F)c(C(F)(F)F)c4)cn3C3CCNCC3)CC2)ncn1. The molecule has 0 atom stereocenters. The van der Waals surface area contributed by atoms with Gasteiger partial charge in [0.2, 0.25) is 0 Å². The fourth-order valence-corrected chi connectivity index (χ4v) is 5.03. The van der Waals surface area contributed by atoms with Crippen LogP contribution in [0.5, 0.6) is 0 Å². The van der Waals surface area contributed by atoms with Gasteiger partial charge in [-0.1, -0.05) is 0 Å². The van der Waals surface area contributed by atoms with E-state index in [1.807, 2.05) is 6.20 Å². The quantitative estimate of drug-likeness (QED) is 0.529. The Labute approximate surface area is 200 Å². The number of hydrogen-bond donors (Lipinski definition) is 2. The predicted octanol–water partition coefficient (Wildman–Crippen LogP) is 4.39. The Morgan fingerprint density at radius 3 is 2.43 bits per heavy atom. The normalized spacial score (nSPS) is 18.2. The van der Waals surface area contributed by atoms with Crippen molar-refractivity contribution in [2.45, 2.75) is 43.8 Å².